The fourth-order valence-electron chi connectivity index (χ4n) is 3.14. The van der Waals surface area contributed by atoms with Gasteiger partial charge >= 0.3 is 0 Å². The highest BCUT2D eigenvalue weighted by Gasteiger charge is 2.11. The van der Waals surface area contributed by atoms with E-state index in [0.29, 0.717) is 5.75 Å². The number of benzene rings is 2. The van der Waals surface area contributed by atoms with Crippen LogP contribution in [0.25, 0.3) is 34.4 Å². The van der Waals surface area contributed by atoms with Gasteiger partial charge in [0.1, 0.15) is 19.0 Å². The van der Waals surface area contributed by atoms with Gasteiger partial charge in [-0.25, -0.2) is 4.39 Å². The Morgan fingerprint density at radius 3 is 2.54 bits per heavy atom. The minimum absolute atomic E-state index is 0.0380. The molecule has 0 amide bonds. The third-order valence-corrected chi connectivity index (χ3v) is 4.91. The van der Waals surface area contributed by atoms with Crippen molar-refractivity contribution in [2.24, 2.45) is 7.05 Å². The molecule has 0 saturated heterocycles. The predicted molar refractivity (Wildman–Crippen MR) is 119 cm³/mol. The van der Waals surface area contributed by atoms with E-state index >= 15 is 0 Å². The van der Waals surface area contributed by atoms with E-state index in [1.165, 1.54) is 0 Å². The molecule has 0 atom stereocenters. The second-order valence-electron chi connectivity index (χ2n) is 6.40. The van der Waals surface area contributed by atoms with Crippen molar-refractivity contribution < 1.29 is 9.13 Å². The maximum Gasteiger partial charge on any atom is 0.123 e. The molecular formula is C24H22FNOS. The van der Waals surface area contributed by atoms with Crippen molar-refractivity contribution in [3.8, 4) is 28.0 Å². The third kappa shape index (κ3) is 4.12. The number of aromatic nitrogens is 1. The molecule has 0 spiro atoms. The number of hydrogen-bond donors (Lipinski definition) is 0. The molecule has 142 valence electrons. The number of alkyl halides is 1. The Balaban J connectivity index is 2.16. The first kappa shape index (κ1) is 19.8. The van der Waals surface area contributed by atoms with Crippen molar-refractivity contribution in [2.75, 3.05) is 13.3 Å². The minimum Gasteiger partial charge on any atom is -0.491 e. The molecule has 0 aliphatic heterocycles. The standard InChI is InChI=1S/C24H22FNOS/c1-4-17-9-10-21(18(5-2)13-17)23-16-26(3)15-22(24(23)28)19-7-6-8-20(14-19)27-12-11-25/h4-10,13-16H,1-2,11-12H2,3H3. The van der Waals surface area contributed by atoms with Crippen LogP contribution in [0.3, 0.4) is 0 Å². The lowest BCUT2D eigenvalue weighted by molar-refractivity contribution is 0.273. The van der Waals surface area contributed by atoms with Crippen LogP contribution in [-0.4, -0.2) is 17.8 Å². The van der Waals surface area contributed by atoms with Crippen LogP contribution in [0.2, 0.25) is 0 Å². The lowest BCUT2D eigenvalue weighted by Gasteiger charge is -2.14. The number of hydrogen-bond acceptors (Lipinski definition) is 2. The average Bonchev–Trinajstić information content (AvgIpc) is 2.73. The molecule has 28 heavy (non-hydrogen) atoms. The fraction of sp³-hybridized carbons (Fsp3) is 0.125. The molecule has 3 aromatic rings. The first-order valence-corrected chi connectivity index (χ1v) is 9.37. The first-order valence-electron chi connectivity index (χ1n) is 8.96. The summed E-state index contributed by atoms with van der Waals surface area (Å²) in [6.07, 6.45) is 7.65. The van der Waals surface area contributed by atoms with Crippen LogP contribution in [0.4, 0.5) is 4.39 Å². The molecule has 2 aromatic carbocycles. The molecule has 1 aromatic heterocycles. The van der Waals surface area contributed by atoms with Crippen molar-refractivity contribution >= 4 is 24.4 Å². The van der Waals surface area contributed by atoms with Crippen LogP contribution in [0, 0.1) is 4.51 Å². The average molecular weight is 392 g/mol. The van der Waals surface area contributed by atoms with E-state index in [1.54, 1.807) is 0 Å². The number of halogens is 1. The van der Waals surface area contributed by atoms with Crippen molar-refractivity contribution in [2.45, 2.75) is 0 Å². The molecule has 0 aliphatic rings. The van der Waals surface area contributed by atoms with Crippen LogP contribution in [0.1, 0.15) is 11.1 Å². The summed E-state index contributed by atoms with van der Waals surface area (Å²) < 4.78 is 20.6. The zero-order chi connectivity index (χ0) is 20.1. The molecule has 0 saturated carbocycles. The molecule has 2 nitrogen and oxygen atoms in total. The maximum atomic E-state index is 12.4. The van der Waals surface area contributed by atoms with Gasteiger partial charge in [-0.2, -0.15) is 0 Å². The van der Waals surface area contributed by atoms with Crippen molar-refractivity contribution in [1.82, 2.24) is 4.57 Å². The third-order valence-electron chi connectivity index (χ3n) is 4.47. The Morgan fingerprint density at radius 1 is 1.04 bits per heavy atom. The number of aryl methyl sites for hydroxylation is 1. The number of nitrogens with zero attached hydrogens (tertiary/aromatic N) is 1. The van der Waals surface area contributed by atoms with Gasteiger partial charge in [0.2, 0.25) is 0 Å². The molecular weight excluding hydrogens is 369 g/mol. The van der Waals surface area contributed by atoms with Crippen LogP contribution < -0.4 is 4.74 Å². The van der Waals surface area contributed by atoms with Gasteiger partial charge in [0.05, 0.1) is 4.51 Å². The van der Waals surface area contributed by atoms with Crippen LogP contribution in [0.5, 0.6) is 5.75 Å². The fourth-order valence-corrected chi connectivity index (χ4v) is 3.47. The molecule has 0 N–H and O–H groups in total. The molecule has 0 fully saturated rings. The normalized spacial score (nSPS) is 10.5. The molecule has 0 aliphatic carbocycles. The molecule has 3 rings (SSSR count). The molecule has 0 radical (unpaired) electrons. The zero-order valence-corrected chi connectivity index (χ0v) is 16.6. The Kier molecular flexibility index (Phi) is 6.22. The van der Waals surface area contributed by atoms with E-state index in [1.807, 2.05) is 78.6 Å². The van der Waals surface area contributed by atoms with E-state index in [9.17, 15) is 4.39 Å². The second-order valence-corrected chi connectivity index (χ2v) is 6.81. The van der Waals surface area contributed by atoms with Gasteiger partial charge in [-0.05, 0) is 40.5 Å². The largest absolute Gasteiger partial charge is 0.491 e. The maximum absolute atomic E-state index is 12.4. The van der Waals surface area contributed by atoms with Crippen molar-refractivity contribution in [3.05, 3.63) is 83.7 Å². The summed E-state index contributed by atoms with van der Waals surface area (Å²) in [5.41, 5.74) is 5.86. The molecule has 0 unspecified atom stereocenters. The van der Waals surface area contributed by atoms with Crippen LogP contribution in [0.15, 0.2) is 68.0 Å². The highest BCUT2D eigenvalue weighted by molar-refractivity contribution is 7.71. The van der Waals surface area contributed by atoms with Gasteiger partial charge in [0.15, 0.2) is 0 Å². The van der Waals surface area contributed by atoms with E-state index in [4.69, 9.17) is 17.0 Å². The van der Waals surface area contributed by atoms with E-state index < -0.39 is 6.67 Å². The lowest BCUT2D eigenvalue weighted by atomic mass is 9.96. The second kappa shape index (κ2) is 8.81. The van der Waals surface area contributed by atoms with E-state index in [2.05, 4.69) is 13.2 Å². The van der Waals surface area contributed by atoms with E-state index in [-0.39, 0.29) is 6.61 Å². The Hall–Kier alpha value is -2.98. The first-order chi connectivity index (χ1) is 13.6. The van der Waals surface area contributed by atoms with Crippen LogP contribution >= 0.6 is 12.2 Å². The van der Waals surface area contributed by atoms with Crippen LogP contribution in [-0.2, 0) is 7.05 Å². The summed E-state index contributed by atoms with van der Waals surface area (Å²) in [6.45, 7) is 7.29. The zero-order valence-electron chi connectivity index (χ0n) is 15.8. The highest BCUT2D eigenvalue weighted by atomic mass is 32.1. The van der Waals surface area contributed by atoms with E-state index in [0.717, 1.165) is 37.9 Å². The smallest absolute Gasteiger partial charge is 0.123 e. The molecule has 1 heterocycles. The molecule has 0 bridgehead atoms. The highest BCUT2D eigenvalue weighted by Crippen LogP contribution is 2.33. The van der Waals surface area contributed by atoms with Crippen molar-refractivity contribution in [1.29, 1.82) is 0 Å². The summed E-state index contributed by atoms with van der Waals surface area (Å²) in [4.78, 5) is 0. The Bertz CT molecular complexity index is 1080. The number of pyridine rings is 1. The van der Waals surface area contributed by atoms with Gasteiger partial charge in [0, 0.05) is 30.6 Å². The van der Waals surface area contributed by atoms with Gasteiger partial charge < -0.3 is 9.30 Å². The summed E-state index contributed by atoms with van der Waals surface area (Å²) >= 11 is 5.85. The van der Waals surface area contributed by atoms with Gasteiger partial charge in [0.25, 0.3) is 0 Å². The Labute approximate surface area is 170 Å². The summed E-state index contributed by atoms with van der Waals surface area (Å²) in [5, 5.41) is 0. The van der Waals surface area contributed by atoms with Crippen molar-refractivity contribution in [3.63, 3.8) is 0 Å². The van der Waals surface area contributed by atoms with Gasteiger partial charge in [-0.1, -0.05) is 61.8 Å². The predicted octanol–water partition coefficient (Wildman–Crippen LogP) is 6.72. The van der Waals surface area contributed by atoms with Gasteiger partial charge in [-0.15, -0.1) is 0 Å². The quantitative estimate of drug-likeness (QED) is 0.415. The monoisotopic (exact) mass is 391 g/mol. The lowest BCUT2D eigenvalue weighted by Crippen LogP contribution is -1.99. The summed E-state index contributed by atoms with van der Waals surface area (Å²) in [7, 11) is 1.97. The summed E-state index contributed by atoms with van der Waals surface area (Å²) in [5.74, 6) is 0.625. The van der Waals surface area contributed by atoms with Gasteiger partial charge in [-0.3, -0.25) is 0 Å². The topological polar surface area (TPSA) is 14.2 Å². The minimum atomic E-state index is -0.522. The number of ether oxygens (including phenoxy) is 1. The number of rotatable bonds is 7. The SMILES string of the molecule is C=Cc1ccc(-c2cn(C)cc(-c3cccc(OCCF)c3)c2=S)c(C=C)c1. The summed E-state index contributed by atoms with van der Waals surface area (Å²) in [6, 6.07) is 13.7. The Morgan fingerprint density at radius 2 is 1.82 bits per heavy atom. The molecule has 4 heteroatoms.